The van der Waals surface area contributed by atoms with Crippen LogP contribution in [0.3, 0.4) is 0 Å². The molecule has 0 heterocycles. The third-order valence-electron chi connectivity index (χ3n) is 1.86. The Kier molecular flexibility index (Phi) is 3.98. The van der Waals surface area contributed by atoms with Gasteiger partial charge >= 0.3 is 0 Å². The van der Waals surface area contributed by atoms with E-state index in [4.69, 9.17) is 5.11 Å². The molecule has 1 aromatic carbocycles. The maximum Gasteiger partial charge on any atom is 0.251 e. The van der Waals surface area contributed by atoms with Gasteiger partial charge in [0.25, 0.3) is 5.91 Å². The van der Waals surface area contributed by atoms with Gasteiger partial charge in [-0.15, -0.1) is 12.6 Å². The van der Waals surface area contributed by atoms with Crippen LogP contribution in [0.15, 0.2) is 23.1 Å². The Labute approximate surface area is 88.6 Å². The summed E-state index contributed by atoms with van der Waals surface area (Å²) in [6, 6.07) is 5.39. The van der Waals surface area contributed by atoms with Crippen molar-refractivity contribution >= 4 is 18.5 Å². The van der Waals surface area contributed by atoms with Gasteiger partial charge in [0.2, 0.25) is 0 Å². The number of aliphatic hydroxyl groups is 1. The molecule has 1 rings (SSSR count). The van der Waals surface area contributed by atoms with Gasteiger partial charge in [-0.25, -0.2) is 0 Å². The lowest BCUT2D eigenvalue weighted by Crippen LogP contribution is -2.26. The fourth-order valence-electron chi connectivity index (χ4n) is 1.12. The number of nitrogens with one attached hydrogen (secondary N) is 1. The molecule has 0 aliphatic heterocycles. The minimum absolute atomic E-state index is 0.0502. The summed E-state index contributed by atoms with van der Waals surface area (Å²) in [5.74, 6) is -0.174. The van der Waals surface area contributed by atoms with Gasteiger partial charge in [-0.2, -0.15) is 0 Å². The van der Waals surface area contributed by atoms with Crippen LogP contribution < -0.4 is 5.32 Å². The fraction of sp³-hybridized carbons (Fsp3) is 0.300. The number of rotatable bonds is 3. The number of hydrogen-bond acceptors (Lipinski definition) is 3. The molecule has 0 saturated heterocycles. The largest absolute Gasteiger partial charge is 0.395 e. The number of thiol groups is 1. The lowest BCUT2D eigenvalue weighted by Gasteiger charge is -2.06. The van der Waals surface area contributed by atoms with Crippen LogP contribution in [-0.4, -0.2) is 24.2 Å². The van der Waals surface area contributed by atoms with Gasteiger partial charge in [0, 0.05) is 17.0 Å². The van der Waals surface area contributed by atoms with Gasteiger partial charge < -0.3 is 10.4 Å². The van der Waals surface area contributed by atoms with Crippen LogP contribution in [0.1, 0.15) is 15.9 Å². The quantitative estimate of drug-likeness (QED) is 0.653. The Morgan fingerprint density at radius 2 is 2.29 bits per heavy atom. The second-order valence-corrected chi connectivity index (χ2v) is 3.50. The van der Waals surface area contributed by atoms with Gasteiger partial charge in [0.1, 0.15) is 0 Å². The predicted molar refractivity (Wildman–Crippen MR) is 57.9 cm³/mol. The zero-order chi connectivity index (χ0) is 10.6. The SMILES string of the molecule is Cc1ccc(S)cc1C(=O)NCCO. The normalized spacial score (nSPS) is 9.93. The van der Waals surface area contributed by atoms with Gasteiger partial charge in [-0.1, -0.05) is 6.07 Å². The minimum Gasteiger partial charge on any atom is -0.395 e. The summed E-state index contributed by atoms with van der Waals surface area (Å²) in [5, 5.41) is 11.1. The molecule has 0 aromatic heterocycles. The van der Waals surface area contributed by atoms with Crippen molar-refractivity contribution in [3.05, 3.63) is 29.3 Å². The van der Waals surface area contributed by atoms with Crippen LogP contribution in [0.5, 0.6) is 0 Å². The summed E-state index contributed by atoms with van der Waals surface area (Å²) in [7, 11) is 0. The van der Waals surface area contributed by atoms with E-state index in [1.54, 1.807) is 6.07 Å². The van der Waals surface area contributed by atoms with Crippen molar-refractivity contribution in [2.75, 3.05) is 13.2 Å². The number of carbonyl (C=O) groups excluding carboxylic acids is 1. The summed E-state index contributed by atoms with van der Waals surface area (Å²) in [6.45, 7) is 2.08. The Balaban J connectivity index is 2.83. The number of aliphatic hydroxyl groups excluding tert-OH is 1. The highest BCUT2D eigenvalue weighted by Crippen LogP contribution is 2.13. The predicted octanol–water partition coefficient (Wildman–Crippen LogP) is 1.01. The molecule has 14 heavy (non-hydrogen) atoms. The Morgan fingerprint density at radius 1 is 1.57 bits per heavy atom. The third kappa shape index (κ3) is 2.75. The summed E-state index contributed by atoms with van der Waals surface area (Å²) in [6.07, 6.45) is 0. The van der Waals surface area contributed by atoms with Crippen molar-refractivity contribution in [2.45, 2.75) is 11.8 Å². The van der Waals surface area contributed by atoms with Crippen molar-refractivity contribution < 1.29 is 9.90 Å². The summed E-state index contributed by atoms with van der Waals surface area (Å²) in [5.41, 5.74) is 1.50. The zero-order valence-corrected chi connectivity index (χ0v) is 8.84. The fourth-order valence-corrected chi connectivity index (χ4v) is 1.32. The molecule has 0 aliphatic rings. The van der Waals surface area contributed by atoms with Gasteiger partial charge in [0.15, 0.2) is 0 Å². The number of hydrogen-bond donors (Lipinski definition) is 3. The van der Waals surface area contributed by atoms with Gasteiger partial charge in [0.05, 0.1) is 6.61 Å². The highest BCUT2D eigenvalue weighted by atomic mass is 32.1. The zero-order valence-electron chi connectivity index (χ0n) is 7.95. The van der Waals surface area contributed by atoms with Crippen molar-refractivity contribution in [3.63, 3.8) is 0 Å². The molecule has 3 nitrogen and oxygen atoms in total. The molecule has 0 radical (unpaired) electrons. The summed E-state index contributed by atoms with van der Waals surface area (Å²) < 4.78 is 0. The van der Waals surface area contributed by atoms with Crippen LogP contribution >= 0.6 is 12.6 Å². The molecule has 0 atom stereocenters. The Hall–Kier alpha value is -1.00. The highest BCUT2D eigenvalue weighted by Gasteiger charge is 2.07. The smallest absolute Gasteiger partial charge is 0.251 e. The maximum absolute atomic E-state index is 11.5. The standard InChI is InChI=1S/C10H13NO2S/c1-7-2-3-8(14)6-9(7)10(13)11-4-5-12/h2-3,6,12,14H,4-5H2,1H3,(H,11,13). The summed E-state index contributed by atoms with van der Waals surface area (Å²) in [4.78, 5) is 12.3. The lowest BCUT2D eigenvalue weighted by molar-refractivity contribution is 0.0944. The van der Waals surface area contributed by atoms with Crippen LogP contribution in [0.2, 0.25) is 0 Å². The Bertz CT molecular complexity index is 339. The average Bonchev–Trinajstić information content (AvgIpc) is 2.18. The van der Waals surface area contributed by atoms with Crippen LogP contribution in [0.25, 0.3) is 0 Å². The molecule has 2 N–H and O–H groups in total. The lowest BCUT2D eigenvalue weighted by atomic mass is 10.1. The number of carbonyl (C=O) groups is 1. The molecule has 0 bridgehead atoms. The van der Waals surface area contributed by atoms with E-state index in [2.05, 4.69) is 17.9 Å². The van der Waals surface area contributed by atoms with Crippen molar-refractivity contribution in [3.8, 4) is 0 Å². The highest BCUT2D eigenvalue weighted by molar-refractivity contribution is 7.80. The average molecular weight is 211 g/mol. The van der Waals surface area contributed by atoms with Crippen molar-refractivity contribution in [2.24, 2.45) is 0 Å². The third-order valence-corrected chi connectivity index (χ3v) is 2.14. The number of benzene rings is 1. The second kappa shape index (κ2) is 5.02. The van der Waals surface area contributed by atoms with Crippen molar-refractivity contribution in [1.82, 2.24) is 5.32 Å². The monoisotopic (exact) mass is 211 g/mol. The minimum atomic E-state index is -0.174. The molecule has 1 aromatic rings. The molecular formula is C10H13NO2S. The van der Waals surface area contributed by atoms with E-state index in [0.717, 1.165) is 10.5 Å². The number of aryl methyl sites for hydroxylation is 1. The molecule has 4 heteroatoms. The van der Waals surface area contributed by atoms with Crippen LogP contribution in [0.4, 0.5) is 0 Å². The Morgan fingerprint density at radius 3 is 2.93 bits per heavy atom. The molecule has 1 amide bonds. The van der Waals surface area contributed by atoms with Crippen LogP contribution in [0, 0.1) is 6.92 Å². The van der Waals surface area contributed by atoms with E-state index in [0.29, 0.717) is 5.56 Å². The van der Waals surface area contributed by atoms with E-state index in [1.807, 2.05) is 19.1 Å². The molecule has 0 fully saturated rings. The first-order valence-electron chi connectivity index (χ1n) is 4.34. The molecule has 0 unspecified atom stereocenters. The first-order valence-corrected chi connectivity index (χ1v) is 4.78. The first-order chi connectivity index (χ1) is 6.65. The first kappa shape index (κ1) is 11.1. The molecular weight excluding hydrogens is 198 g/mol. The van der Waals surface area contributed by atoms with Crippen molar-refractivity contribution in [1.29, 1.82) is 0 Å². The van der Waals surface area contributed by atoms with E-state index in [1.165, 1.54) is 0 Å². The molecule has 0 aliphatic carbocycles. The molecule has 76 valence electrons. The maximum atomic E-state index is 11.5. The van der Waals surface area contributed by atoms with Gasteiger partial charge in [-0.05, 0) is 24.6 Å². The van der Waals surface area contributed by atoms with E-state index in [9.17, 15) is 4.79 Å². The van der Waals surface area contributed by atoms with E-state index >= 15 is 0 Å². The molecule has 0 spiro atoms. The van der Waals surface area contributed by atoms with E-state index < -0.39 is 0 Å². The van der Waals surface area contributed by atoms with E-state index in [-0.39, 0.29) is 19.1 Å². The second-order valence-electron chi connectivity index (χ2n) is 2.98. The topological polar surface area (TPSA) is 49.3 Å². The van der Waals surface area contributed by atoms with Crippen LogP contribution in [-0.2, 0) is 0 Å². The number of amides is 1. The summed E-state index contributed by atoms with van der Waals surface area (Å²) >= 11 is 4.16. The van der Waals surface area contributed by atoms with Gasteiger partial charge in [-0.3, -0.25) is 4.79 Å². The molecule has 0 saturated carbocycles.